The van der Waals surface area contributed by atoms with Gasteiger partial charge < -0.3 is 14.0 Å². The highest BCUT2D eigenvalue weighted by Gasteiger charge is 2.24. The van der Waals surface area contributed by atoms with E-state index in [2.05, 4.69) is 20.0 Å². The van der Waals surface area contributed by atoms with Gasteiger partial charge >= 0.3 is 0 Å². The molecule has 2 aromatic rings. The Kier molecular flexibility index (Phi) is 6.21. The molecular formula is C19H25ClN4O3. The first-order valence-corrected chi connectivity index (χ1v) is 10.0. The van der Waals surface area contributed by atoms with Crippen molar-refractivity contribution < 1.29 is 14.0 Å². The minimum atomic E-state index is 0.348. The number of rotatable bonds is 6. The van der Waals surface area contributed by atoms with Crippen LogP contribution in [0.25, 0.3) is 0 Å². The fraction of sp³-hybridized carbons (Fsp3) is 0.632. The maximum Gasteiger partial charge on any atom is 0.232 e. The maximum absolute atomic E-state index is 6.09. The Labute approximate surface area is 164 Å². The number of hydrogen-bond donors (Lipinski definition) is 0. The standard InChI is InChI=1S/C19H25ClN4O3/c20-16-2-1-7-21-19(16)26-13-14-3-8-24(9-4-14)12-17-22-18(27-23-17)15-5-10-25-11-6-15/h1-2,7,14-15H,3-6,8-13H2. The van der Waals surface area contributed by atoms with Crippen molar-refractivity contribution in [3.63, 3.8) is 0 Å². The molecular weight excluding hydrogens is 368 g/mol. The molecule has 0 saturated carbocycles. The topological polar surface area (TPSA) is 73.5 Å². The lowest BCUT2D eigenvalue weighted by molar-refractivity contribution is 0.0778. The van der Waals surface area contributed by atoms with E-state index < -0.39 is 0 Å². The van der Waals surface area contributed by atoms with Crippen molar-refractivity contribution in [1.29, 1.82) is 0 Å². The van der Waals surface area contributed by atoms with Crippen LogP contribution in [0.3, 0.4) is 0 Å². The molecule has 0 aromatic carbocycles. The summed E-state index contributed by atoms with van der Waals surface area (Å²) in [6.07, 6.45) is 5.79. The summed E-state index contributed by atoms with van der Waals surface area (Å²) >= 11 is 6.09. The molecule has 7 nitrogen and oxygen atoms in total. The van der Waals surface area contributed by atoms with Gasteiger partial charge in [0.2, 0.25) is 11.8 Å². The largest absolute Gasteiger partial charge is 0.476 e. The third-order valence-corrected chi connectivity index (χ3v) is 5.59. The molecule has 27 heavy (non-hydrogen) atoms. The van der Waals surface area contributed by atoms with Gasteiger partial charge in [0.05, 0.1) is 13.2 Å². The zero-order chi connectivity index (χ0) is 18.5. The Morgan fingerprint density at radius 2 is 2.00 bits per heavy atom. The molecule has 0 N–H and O–H groups in total. The number of ether oxygens (including phenoxy) is 2. The molecule has 2 aromatic heterocycles. The molecule has 0 atom stereocenters. The van der Waals surface area contributed by atoms with Gasteiger partial charge in [-0.2, -0.15) is 4.98 Å². The number of nitrogens with zero attached hydrogens (tertiary/aromatic N) is 4. The van der Waals surface area contributed by atoms with E-state index in [4.69, 9.17) is 25.6 Å². The van der Waals surface area contributed by atoms with Crippen LogP contribution in [0.15, 0.2) is 22.9 Å². The first kappa shape index (κ1) is 18.7. The number of likely N-dealkylation sites (tertiary alicyclic amines) is 1. The summed E-state index contributed by atoms with van der Waals surface area (Å²) in [6.45, 7) is 4.96. The Hall–Kier alpha value is -1.70. The molecule has 2 saturated heterocycles. The summed E-state index contributed by atoms with van der Waals surface area (Å²) < 4.78 is 16.7. The summed E-state index contributed by atoms with van der Waals surface area (Å²) in [4.78, 5) is 11.2. The van der Waals surface area contributed by atoms with E-state index in [1.807, 2.05) is 0 Å². The zero-order valence-corrected chi connectivity index (χ0v) is 16.1. The highest BCUT2D eigenvalue weighted by Crippen LogP contribution is 2.26. The minimum absolute atomic E-state index is 0.348. The van der Waals surface area contributed by atoms with Gasteiger partial charge in [-0.1, -0.05) is 16.8 Å². The van der Waals surface area contributed by atoms with Gasteiger partial charge in [-0.05, 0) is 56.8 Å². The monoisotopic (exact) mass is 392 g/mol. The Balaban J connectivity index is 1.21. The smallest absolute Gasteiger partial charge is 0.232 e. The lowest BCUT2D eigenvalue weighted by Gasteiger charge is -2.30. The van der Waals surface area contributed by atoms with E-state index in [0.29, 0.717) is 29.3 Å². The van der Waals surface area contributed by atoms with Crippen LogP contribution in [0.1, 0.15) is 43.3 Å². The molecule has 4 heterocycles. The van der Waals surface area contributed by atoms with Crippen LogP contribution in [-0.4, -0.2) is 52.9 Å². The van der Waals surface area contributed by atoms with Crippen LogP contribution in [0.2, 0.25) is 5.02 Å². The summed E-state index contributed by atoms with van der Waals surface area (Å²) in [7, 11) is 0. The predicted molar refractivity (Wildman–Crippen MR) is 99.8 cm³/mol. The Morgan fingerprint density at radius 3 is 2.78 bits per heavy atom. The van der Waals surface area contributed by atoms with Gasteiger partial charge in [0, 0.05) is 25.3 Å². The van der Waals surface area contributed by atoms with Crippen molar-refractivity contribution in [2.75, 3.05) is 32.9 Å². The van der Waals surface area contributed by atoms with Gasteiger partial charge in [0.15, 0.2) is 5.82 Å². The molecule has 0 aliphatic carbocycles. The normalized spacial score (nSPS) is 20.0. The van der Waals surface area contributed by atoms with Gasteiger partial charge in [-0.3, -0.25) is 4.90 Å². The average Bonchev–Trinajstić information content (AvgIpc) is 3.18. The van der Waals surface area contributed by atoms with Crippen LogP contribution in [0.4, 0.5) is 0 Å². The zero-order valence-electron chi connectivity index (χ0n) is 15.3. The van der Waals surface area contributed by atoms with Crippen molar-refractivity contribution in [2.24, 2.45) is 5.92 Å². The van der Waals surface area contributed by atoms with Gasteiger partial charge in [-0.25, -0.2) is 4.98 Å². The van der Waals surface area contributed by atoms with E-state index in [-0.39, 0.29) is 0 Å². The number of halogens is 1. The molecule has 2 aliphatic heterocycles. The van der Waals surface area contributed by atoms with Crippen LogP contribution < -0.4 is 4.74 Å². The third-order valence-electron chi connectivity index (χ3n) is 5.31. The second-order valence-corrected chi connectivity index (χ2v) is 7.66. The molecule has 2 fully saturated rings. The summed E-state index contributed by atoms with van der Waals surface area (Å²) in [5, 5.41) is 4.74. The summed E-state index contributed by atoms with van der Waals surface area (Å²) in [6, 6.07) is 3.60. The molecule has 0 spiro atoms. The van der Waals surface area contributed by atoms with Crippen LogP contribution >= 0.6 is 11.6 Å². The van der Waals surface area contributed by atoms with E-state index in [1.165, 1.54) is 0 Å². The van der Waals surface area contributed by atoms with E-state index in [1.54, 1.807) is 18.3 Å². The quantitative estimate of drug-likeness (QED) is 0.746. The third kappa shape index (κ3) is 4.97. The van der Waals surface area contributed by atoms with Crippen molar-refractivity contribution in [2.45, 2.75) is 38.1 Å². The summed E-state index contributed by atoms with van der Waals surface area (Å²) in [5.74, 6) is 2.94. The van der Waals surface area contributed by atoms with Crippen molar-refractivity contribution >= 4 is 11.6 Å². The fourth-order valence-electron chi connectivity index (χ4n) is 3.63. The van der Waals surface area contributed by atoms with Crippen molar-refractivity contribution in [3.05, 3.63) is 35.1 Å². The molecule has 0 amide bonds. The van der Waals surface area contributed by atoms with Crippen LogP contribution in [-0.2, 0) is 11.3 Å². The Bertz CT molecular complexity index is 727. The number of aromatic nitrogens is 3. The van der Waals surface area contributed by atoms with Gasteiger partial charge in [-0.15, -0.1) is 0 Å². The number of pyridine rings is 1. The first-order chi connectivity index (χ1) is 13.3. The second kappa shape index (κ2) is 8.99. The average molecular weight is 393 g/mol. The second-order valence-electron chi connectivity index (χ2n) is 7.26. The first-order valence-electron chi connectivity index (χ1n) is 9.64. The lowest BCUT2D eigenvalue weighted by Crippen LogP contribution is -2.35. The van der Waals surface area contributed by atoms with E-state index in [0.717, 1.165) is 70.2 Å². The molecule has 0 bridgehead atoms. The predicted octanol–water partition coefficient (Wildman–Crippen LogP) is 3.30. The minimum Gasteiger partial charge on any atom is -0.476 e. The van der Waals surface area contributed by atoms with Crippen molar-refractivity contribution in [1.82, 2.24) is 20.0 Å². The number of hydrogen-bond acceptors (Lipinski definition) is 7. The highest BCUT2D eigenvalue weighted by molar-refractivity contribution is 6.31. The van der Waals surface area contributed by atoms with Gasteiger partial charge in [0.25, 0.3) is 0 Å². The summed E-state index contributed by atoms with van der Waals surface area (Å²) in [5.41, 5.74) is 0. The number of piperidine rings is 1. The molecule has 0 radical (unpaired) electrons. The highest BCUT2D eigenvalue weighted by atomic mass is 35.5. The maximum atomic E-state index is 6.09. The molecule has 0 unspecified atom stereocenters. The van der Waals surface area contributed by atoms with Gasteiger partial charge in [0.1, 0.15) is 5.02 Å². The Morgan fingerprint density at radius 1 is 1.19 bits per heavy atom. The van der Waals surface area contributed by atoms with E-state index >= 15 is 0 Å². The van der Waals surface area contributed by atoms with Crippen LogP contribution in [0.5, 0.6) is 5.88 Å². The molecule has 8 heteroatoms. The SMILES string of the molecule is Clc1cccnc1OCC1CCN(Cc2noc(C3CCOCC3)n2)CC1. The molecule has 2 aliphatic rings. The van der Waals surface area contributed by atoms with E-state index in [9.17, 15) is 0 Å². The molecule has 4 rings (SSSR count). The van der Waals surface area contributed by atoms with Crippen molar-refractivity contribution in [3.8, 4) is 5.88 Å². The van der Waals surface area contributed by atoms with Crippen LogP contribution in [0, 0.1) is 5.92 Å². The fourth-order valence-corrected chi connectivity index (χ4v) is 3.80. The molecule has 146 valence electrons. The lowest BCUT2D eigenvalue weighted by atomic mass is 9.98.